The maximum atomic E-state index is 13.3. The number of amides is 6. The zero-order valence-corrected chi connectivity index (χ0v) is 24.2. The average Bonchev–Trinajstić information content (AvgIpc) is 3.31. The molecule has 0 aliphatic carbocycles. The van der Waals surface area contributed by atoms with Gasteiger partial charge in [-0.3, -0.25) is 9.59 Å². The first-order chi connectivity index (χ1) is 16.7. The van der Waals surface area contributed by atoms with Crippen molar-refractivity contribution in [1.29, 1.82) is 0 Å². The summed E-state index contributed by atoms with van der Waals surface area (Å²) in [4.78, 5) is 64.8. The van der Waals surface area contributed by atoms with Gasteiger partial charge in [0.1, 0.15) is 17.5 Å². The molecule has 3 aliphatic heterocycles. The number of carbonyl (C=O) groups excluding carboxylic acids is 5. The Hall–Kier alpha value is -2.33. The SMILES string of the molecule is CC1(C)SC2C(NC(=O)[C@H](NC(=O)N3CCN(S(C)(=O)=O)C3=O)c3ccccc3)C(=O)N2C1C(=O)[O-].[Na+]. The minimum Gasteiger partial charge on any atom is -0.548 e. The Morgan fingerprint density at radius 1 is 1.14 bits per heavy atom. The van der Waals surface area contributed by atoms with Gasteiger partial charge < -0.3 is 25.4 Å². The van der Waals surface area contributed by atoms with Crippen molar-refractivity contribution in [2.75, 3.05) is 19.3 Å². The number of rotatable bonds is 6. The number of carboxylic acids is 1. The van der Waals surface area contributed by atoms with Gasteiger partial charge in [-0.1, -0.05) is 30.3 Å². The summed E-state index contributed by atoms with van der Waals surface area (Å²) in [5.41, 5.74) is 0.352. The van der Waals surface area contributed by atoms with Crippen LogP contribution in [0.3, 0.4) is 0 Å². The van der Waals surface area contributed by atoms with E-state index in [9.17, 15) is 37.5 Å². The van der Waals surface area contributed by atoms with Crippen LogP contribution in [-0.2, 0) is 24.4 Å². The van der Waals surface area contributed by atoms with Crippen molar-refractivity contribution in [1.82, 2.24) is 24.7 Å². The predicted molar refractivity (Wildman–Crippen MR) is 124 cm³/mol. The summed E-state index contributed by atoms with van der Waals surface area (Å²) < 4.78 is 23.2. The molecule has 0 radical (unpaired) electrons. The summed E-state index contributed by atoms with van der Waals surface area (Å²) in [6, 6.07) is 2.56. The third kappa shape index (κ3) is 5.32. The second-order valence-corrected chi connectivity index (χ2v) is 12.8. The molecule has 37 heavy (non-hydrogen) atoms. The summed E-state index contributed by atoms with van der Waals surface area (Å²) >= 11 is 1.22. The molecule has 0 saturated carbocycles. The van der Waals surface area contributed by atoms with Gasteiger partial charge in [0.2, 0.25) is 21.8 Å². The minimum absolute atomic E-state index is 0. The Kier molecular flexibility index (Phi) is 8.25. The number of β-lactam (4-membered cyclic amide) rings is 1. The van der Waals surface area contributed by atoms with Crippen LogP contribution in [0, 0.1) is 0 Å². The molecule has 6 amide bonds. The van der Waals surface area contributed by atoms with Crippen LogP contribution in [0.25, 0.3) is 0 Å². The van der Waals surface area contributed by atoms with Gasteiger partial charge in [-0.2, -0.15) is 0 Å². The van der Waals surface area contributed by atoms with E-state index in [0.717, 1.165) is 6.26 Å². The van der Waals surface area contributed by atoms with E-state index in [-0.39, 0.29) is 42.6 Å². The molecule has 3 heterocycles. The number of aliphatic carboxylic acids is 1. The van der Waals surface area contributed by atoms with Crippen LogP contribution in [0.1, 0.15) is 25.5 Å². The van der Waals surface area contributed by atoms with Gasteiger partial charge in [0, 0.05) is 4.75 Å². The first kappa shape index (κ1) is 29.2. The van der Waals surface area contributed by atoms with Crippen molar-refractivity contribution in [3.05, 3.63) is 35.9 Å². The number of carbonyl (C=O) groups is 5. The zero-order chi connectivity index (χ0) is 26.6. The molecule has 3 aliphatic rings. The summed E-state index contributed by atoms with van der Waals surface area (Å²) in [5, 5.41) is 16.0. The molecule has 194 valence electrons. The summed E-state index contributed by atoms with van der Waals surface area (Å²) in [7, 11) is -3.87. The number of benzene rings is 1. The van der Waals surface area contributed by atoms with E-state index in [1.807, 2.05) is 0 Å². The van der Waals surface area contributed by atoms with Gasteiger partial charge in [-0.15, -0.1) is 11.8 Å². The van der Waals surface area contributed by atoms with E-state index in [1.54, 1.807) is 44.2 Å². The number of thioether (sulfide) groups is 1. The van der Waals surface area contributed by atoms with Crippen LogP contribution < -0.4 is 45.3 Å². The number of nitrogens with one attached hydrogen (secondary N) is 2. The van der Waals surface area contributed by atoms with Gasteiger partial charge in [0.05, 0.1) is 31.4 Å². The van der Waals surface area contributed by atoms with Crippen LogP contribution in [-0.4, -0.2) is 93.9 Å². The van der Waals surface area contributed by atoms with Crippen LogP contribution in [0.5, 0.6) is 0 Å². The number of nitrogens with zero attached hydrogens (tertiary/aromatic N) is 3. The summed E-state index contributed by atoms with van der Waals surface area (Å²) in [5.74, 6) is -2.73. The Morgan fingerprint density at radius 3 is 2.30 bits per heavy atom. The molecular formula is C21H24N5NaO8S2. The molecule has 13 nitrogen and oxygen atoms in total. The van der Waals surface area contributed by atoms with E-state index >= 15 is 0 Å². The number of fused-ring (bicyclic) bond motifs is 1. The van der Waals surface area contributed by atoms with Crippen LogP contribution >= 0.6 is 11.8 Å². The fourth-order valence-corrected chi connectivity index (χ4v) is 6.94. The monoisotopic (exact) mass is 561 g/mol. The third-order valence-electron chi connectivity index (χ3n) is 6.24. The molecular weight excluding hydrogens is 537 g/mol. The van der Waals surface area contributed by atoms with Crippen LogP contribution in [0.15, 0.2) is 30.3 Å². The minimum atomic E-state index is -3.87. The number of hydrogen-bond donors (Lipinski definition) is 2. The van der Waals surface area contributed by atoms with E-state index in [4.69, 9.17) is 0 Å². The van der Waals surface area contributed by atoms with Gasteiger partial charge >= 0.3 is 41.6 Å². The fraction of sp³-hybridized carbons (Fsp3) is 0.476. The first-order valence-electron chi connectivity index (χ1n) is 10.9. The van der Waals surface area contributed by atoms with E-state index < -0.39 is 68.1 Å². The number of urea groups is 2. The maximum Gasteiger partial charge on any atom is 1.00 e. The molecule has 0 aromatic heterocycles. The Bertz CT molecular complexity index is 1240. The zero-order valence-electron chi connectivity index (χ0n) is 20.5. The normalized spacial score (nSPS) is 25.1. The fourth-order valence-electron chi connectivity index (χ4n) is 4.52. The number of imide groups is 1. The Balaban J connectivity index is 0.00000380. The quantitative estimate of drug-likeness (QED) is 0.256. The number of sulfonamides is 1. The van der Waals surface area contributed by atoms with E-state index in [1.165, 1.54) is 16.7 Å². The number of hydrogen-bond acceptors (Lipinski definition) is 9. The summed E-state index contributed by atoms with van der Waals surface area (Å²) in [6.45, 7) is 2.92. The molecule has 1 aromatic carbocycles. The first-order valence-corrected chi connectivity index (χ1v) is 13.6. The molecule has 3 saturated heterocycles. The Morgan fingerprint density at radius 2 is 1.76 bits per heavy atom. The molecule has 3 fully saturated rings. The largest absolute Gasteiger partial charge is 1.00 e. The second kappa shape index (κ2) is 10.4. The molecule has 0 bridgehead atoms. The topological polar surface area (TPSA) is 176 Å². The van der Waals surface area contributed by atoms with Gasteiger partial charge in [0.15, 0.2) is 0 Å². The van der Waals surface area contributed by atoms with E-state index in [2.05, 4.69) is 10.6 Å². The van der Waals surface area contributed by atoms with Crippen LogP contribution in [0.4, 0.5) is 9.59 Å². The predicted octanol–water partition coefficient (Wildman–Crippen LogP) is -4.56. The smallest absolute Gasteiger partial charge is 0.548 e. The maximum absolute atomic E-state index is 13.3. The Labute approximate surface area is 239 Å². The third-order valence-corrected chi connectivity index (χ3v) is 8.95. The molecule has 16 heteroatoms. The molecule has 1 aromatic rings. The second-order valence-electron chi connectivity index (χ2n) is 9.13. The van der Waals surface area contributed by atoms with Gasteiger partial charge in [-0.25, -0.2) is 27.2 Å². The van der Waals surface area contributed by atoms with Crippen molar-refractivity contribution in [3.8, 4) is 0 Å². The van der Waals surface area contributed by atoms with Gasteiger partial charge in [-0.05, 0) is 19.4 Å². The number of carboxylic acid groups (broad SMARTS) is 1. The molecule has 0 spiro atoms. The molecule has 4 rings (SSSR count). The van der Waals surface area contributed by atoms with Crippen molar-refractivity contribution in [2.24, 2.45) is 0 Å². The average molecular weight is 562 g/mol. The molecule has 3 unspecified atom stereocenters. The van der Waals surface area contributed by atoms with Crippen LogP contribution in [0.2, 0.25) is 0 Å². The molecule has 4 atom stereocenters. The van der Waals surface area contributed by atoms with Crippen molar-refractivity contribution < 1.29 is 67.1 Å². The van der Waals surface area contributed by atoms with Crippen molar-refractivity contribution in [3.63, 3.8) is 0 Å². The van der Waals surface area contributed by atoms with Crippen molar-refractivity contribution in [2.45, 2.75) is 42.1 Å². The van der Waals surface area contributed by atoms with E-state index in [0.29, 0.717) is 14.8 Å². The molecule has 2 N–H and O–H groups in total. The standard InChI is InChI=1S/C21H25N5O8S2.Na/c1-21(2)14(18(29)30)26-16(28)13(17(26)35-21)22-15(27)12(11-7-5-4-6-8-11)23-19(31)24-9-10-25(20(24)32)36(3,33)34;/h4-8,12-14,17H,9-10H2,1-3H3,(H,22,27)(H,23,31)(H,29,30);/q;+1/p-1/t12-,13?,14?,17?;/m1./s1. The van der Waals surface area contributed by atoms with Crippen molar-refractivity contribution >= 4 is 51.6 Å². The summed E-state index contributed by atoms with van der Waals surface area (Å²) in [6.07, 6.45) is 0.846. The van der Waals surface area contributed by atoms with Gasteiger partial charge in [0.25, 0.3) is 0 Å².